The summed E-state index contributed by atoms with van der Waals surface area (Å²) in [5, 5.41) is 9.30. The molecule has 1 aromatic carbocycles. The SMILES string of the molecule is O=C(CN1C(=O)CNC1=O)NCc1cnn(Cc2ccccc2)c1. The second-order valence-corrected chi connectivity index (χ2v) is 5.45. The van der Waals surface area contributed by atoms with E-state index in [9.17, 15) is 14.4 Å². The molecule has 2 heterocycles. The van der Waals surface area contributed by atoms with Crippen molar-refractivity contribution in [1.29, 1.82) is 0 Å². The van der Waals surface area contributed by atoms with Gasteiger partial charge in [0, 0.05) is 18.3 Å². The van der Waals surface area contributed by atoms with Gasteiger partial charge in [-0.25, -0.2) is 4.79 Å². The molecule has 24 heavy (non-hydrogen) atoms. The fourth-order valence-corrected chi connectivity index (χ4v) is 2.37. The summed E-state index contributed by atoms with van der Waals surface area (Å²) in [7, 11) is 0. The summed E-state index contributed by atoms with van der Waals surface area (Å²) in [5.41, 5.74) is 1.98. The normalized spacial score (nSPS) is 13.9. The summed E-state index contributed by atoms with van der Waals surface area (Å²) in [6.07, 6.45) is 3.53. The van der Waals surface area contributed by atoms with E-state index in [-0.39, 0.29) is 19.6 Å². The molecule has 1 aliphatic rings. The quantitative estimate of drug-likeness (QED) is 0.736. The molecular weight excluding hydrogens is 310 g/mol. The zero-order chi connectivity index (χ0) is 16.9. The Labute approximate surface area is 138 Å². The monoisotopic (exact) mass is 327 g/mol. The highest BCUT2D eigenvalue weighted by molar-refractivity contribution is 6.04. The molecule has 0 spiro atoms. The van der Waals surface area contributed by atoms with Crippen LogP contribution >= 0.6 is 0 Å². The van der Waals surface area contributed by atoms with E-state index >= 15 is 0 Å². The molecule has 4 amide bonds. The van der Waals surface area contributed by atoms with Gasteiger partial charge in [-0.05, 0) is 5.56 Å². The molecule has 8 heteroatoms. The lowest BCUT2D eigenvalue weighted by atomic mass is 10.2. The minimum atomic E-state index is -0.536. The molecule has 0 aliphatic carbocycles. The lowest BCUT2D eigenvalue weighted by Gasteiger charge is -2.11. The molecule has 1 aliphatic heterocycles. The molecule has 2 aromatic rings. The Kier molecular flexibility index (Phi) is 4.55. The van der Waals surface area contributed by atoms with Crippen LogP contribution in [0.15, 0.2) is 42.7 Å². The van der Waals surface area contributed by atoms with Crippen molar-refractivity contribution < 1.29 is 14.4 Å². The number of nitrogens with one attached hydrogen (secondary N) is 2. The van der Waals surface area contributed by atoms with Crippen molar-refractivity contribution >= 4 is 17.8 Å². The van der Waals surface area contributed by atoms with E-state index in [0.29, 0.717) is 6.54 Å². The maximum Gasteiger partial charge on any atom is 0.325 e. The van der Waals surface area contributed by atoms with Crippen LogP contribution < -0.4 is 10.6 Å². The predicted molar refractivity (Wildman–Crippen MR) is 84.7 cm³/mol. The van der Waals surface area contributed by atoms with Gasteiger partial charge >= 0.3 is 6.03 Å². The Hall–Kier alpha value is -3.16. The molecule has 0 unspecified atom stereocenters. The highest BCUT2D eigenvalue weighted by atomic mass is 16.2. The maximum absolute atomic E-state index is 11.8. The summed E-state index contributed by atoms with van der Waals surface area (Å²) in [4.78, 5) is 35.5. The molecule has 124 valence electrons. The van der Waals surface area contributed by atoms with Crippen molar-refractivity contribution in [1.82, 2.24) is 25.3 Å². The number of nitrogens with zero attached hydrogens (tertiary/aromatic N) is 3. The largest absolute Gasteiger partial charge is 0.350 e. The third-order valence-corrected chi connectivity index (χ3v) is 3.60. The van der Waals surface area contributed by atoms with Crippen LogP contribution in [0, 0.1) is 0 Å². The van der Waals surface area contributed by atoms with Crippen LogP contribution in [0.2, 0.25) is 0 Å². The van der Waals surface area contributed by atoms with Crippen molar-refractivity contribution in [2.75, 3.05) is 13.1 Å². The van der Waals surface area contributed by atoms with Gasteiger partial charge in [-0.2, -0.15) is 5.10 Å². The van der Waals surface area contributed by atoms with E-state index in [1.165, 1.54) is 0 Å². The van der Waals surface area contributed by atoms with Crippen molar-refractivity contribution in [3.05, 3.63) is 53.9 Å². The molecule has 0 saturated carbocycles. The molecule has 8 nitrogen and oxygen atoms in total. The fourth-order valence-electron chi connectivity index (χ4n) is 2.37. The number of imide groups is 1. The van der Waals surface area contributed by atoms with Gasteiger partial charge in [0.05, 0.1) is 19.3 Å². The van der Waals surface area contributed by atoms with Crippen LogP contribution in [0.3, 0.4) is 0 Å². The van der Waals surface area contributed by atoms with Crippen LogP contribution in [0.5, 0.6) is 0 Å². The summed E-state index contributed by atoms with van der Waals surface area (Å²) >= 11 is 0. The molecule has 1 saturated heterocycles. The summed E-state index contributed by atoms with van der Waals surface area (Å²) in [5.74, 6) is -0.790. The molecule has 0 atom stereocenters. The molecule has 2 N–H and O–H groups in total. The van der Waals surface area contributed by atoms with Crippen LogP contribution in [-0.2, 0) is 22.7 Å². The number of rotatable bonds is 6. The zero-order valence-corrected chi connectivity index (χ0v) is 12.9. The Morgan fingerprint density at radius 3 is 2.71 bits per heavy atom. The second kappa shape index (κ2) is 6.95. The van der Waals surface area contributed by atoms with Gasteiger partial charge in [0.1, 0.15) is 6.54 Å². The molecule has 3 rings (SSSR count). The fraction of sp³-hybridized carbons (Fsp3) is 0.250. The van der Waals surface area contributed by atoms with Gasteiger partial charge in [-0.3, -0.25) is 19.2 Å². The van der Waals surface area contributed by atoms with Crippen LogP contribution in [-0.4, -0.2) is 45.6 Å². The molecule has 0 radical (unpaired) electrons. The first kappa shape index (κ1) is 15.7. The van der Waals surface area contributed by atoms with Crippen molar-refractivity contribution in [3.8, 4) is 0 Å². The van der Waals surface area contributed by atoms with Crippen LogP contribution in [0.25, 0.3) is 0 Å². The van der Waals surface area contributed by atoms with Crippen molar-refractivity contribution in [2.45, 2.75) is 13.1 Å². The summed E-state index contributed by atoms with van der Waals surface area (Å²) < 4.78 is 1.79. The number of urea groups is 1. The first-order chi connectivity index (χ1) is 11.6. The highest BCUT2D eigenvalue weighted by Crippen LogP contribution is 2.04. The van der Waals surface area contributed by atoms with Gasteiger partial charge in [0.15, 0.2) is 0 Å². The van der Waals surface area contributed by atoms with E-state index in [2.05, 4.69) is 15.7 Å². The number of carbonyl (C=O) groups is 3. The first-order valence-corrected chi connectivity index (χ1v) is 7.52. The summed E-state index contributed by atoms with van der Waals surface area (Å²) in [6.45, 7) is 0.607. The number of aromatic nitrogens is 2. The Bertz CT molecular complexity index is 740. The van der Waals surface area contributed by atoms with Gasteiger partial charge in [-0.1, -0.05) is 30.3 Å². The number of hydrogen-bond acceptors (Lipinski definition) is 4. The Morgan fingerprint density at radius 2 is 2.00 bits per heavy atom. The summed E-state index contributed by atoms with van der Waals surface area (Å²) in [6, 6.07) is 9.39. The Balaban J connectivity index is 1.49. The number of hydrogen-bond donors (Lipinski definition) is 2. The van der Waals surface area contributed by atoms with E-state index < -0.39 is 17.8 Å². The third-order valence-electron chi connectivity index (χ3n) is 3.60. The van der Waals surface area contributed by atoms with Crippen molar-refractivity contribution in [3.63, 3.8) is 0 Å². The number of benzene rings is 1. The second-order valence-electron chi connectivity index (χ2n) is 5.45. The Morgan fingerprint density at radius 1 is 1.21 bits per heavy atom. The molecule has 1 aromatic heterocycles. The van der Waals surface area contributed by atoms with E-state index in [4.69, 9.17) is 0 Å². The standard InChI is InChI=1S/C16H17N5O3/c22-14(11-21-15(23)8-18-16(21)24)17-6-13-7-19-20(10-13)9-12-4-2-1-3-5-12/h1-5,7,10H,6,8-9,11H2,(H,17,22)(H,18,24). The lowest BCUT2D eigenvalue weighted by molar-refractivity contribution is -0.130. The maximum atomic E-state index is 11.8. The van der Waals surface area contributed by atoms with Crippen molar-refractivity contribution in [2.24, 2.45) is 0 Å². The third kappa shape index (κ3) is 3.78. The average Bonchev–Trinajstić information content (AvgIpc) is 3.15. The predicted octanol–water partition coefficient (Wildman–Crippen LogP) is 0.0994. The lowest BCUT2D eigenvalue weighted by Crippen LogP contribution is -2.40. The minimum absolute atomic E-state index is 0.0572. The van der Waals surface area contributed by atoms with Gasteiger partial charge in [0.25, 0.3) is 5.91 Å². The number of carbonyl (C=O) groups excluding carboxylic acids is 3. The molecule has 1 fully saturated rings. The highest BCUT2D eigenvalue weighted by Gasteiger charge is 2.29. The van der Waals surface area contributed by atoms with E-state index in [0.717, 1.165) is 16.0 Å². The zero-order valence-electron chi connectivity index (χ0n) is 12.9. The van der Waals surface area contributed by atoms with Crippen LogP contribution in [0.1, 0.15) is 11.1 Å². The van der Waals surface area contributed by atoms with Gasteiger partial charge in [-0.15, -0.1) is 0 Å². The van der Waals surface area contributed by atoms with Crippen LogP contribution in [0.4, 0.5) is 4.79 Å². The molecule has 0 bridgehead atoms. The molecular formula is C16H17N5O3. The first-order valence-electron chi connectivity index (χ1n) is 7.52. The number of amides is 4. The topological polar surface area (TPSA) is 96.3 Å². The average molecular weight is 327 g/mol. The smallest absolute Gasteiger partial charge is 0.325 e. The van der Waals surface area contributed by atoms with Gasteiger partial charge in [0.2, 0.25) is 5.91 Å². The minimum Gasteiger partial charge on any atom is -0.350 e. The van der Waals surface area contributed by atoms with Gasteiger partial charge < -0.3 is 10.6 Å². The van der Waals surface area contributed by atoms with E-state index in [1.54, 1.807) is 10.9 Å². The van der Waals surface area contributed by atoms with E-state index in [1.807, 2.05) is 36.5 Å².